The number of ether oxygens (including phenoxy) is 2. The van der Waals surface area contributed by atoms with E-state index in [1.54, 1.807) is 20.3 Å². The van der Waals surface area contributed by atoms with E-state index >= 15 is 0 Å². The molecule has 0 atom stereocenters. The number of carbonyl (C=O) groups excluding carboxylic acids is 1. The second kappa shape index (κ2) is 8.70. The van der Waals surface area contributed by atoms with Crippen molar-refractivity contribution in [2.45, 2.75) is 6.92 Å². The molecule has 6 heteroatoms. The largest absolute Gasteiger partial charge is 0.497 e. The SMILES string of the molecule is COc1ccc(/C(C)=C/C(=O)N2CCN(CCN)CC2)c(OC)c1. The van der Waals surface area contributed by atoms with Gasteiger partial charge in [-0.05, 0) is 24.6 Å². The molecule has 132 valence electrons. The van der Waals surface area contributed by atoms with Crippen LogP contribution in [0.2, 0.25) is 0 Å². The molecular formula is C18H27N3O3. The Balaban J connectivity index is 2.06. The number of allylic oxidation sites excluding steroid dienone is 1. The lowest BCUT2D eigenvalue weighted by molar-refractivity contribution is -0.127. The van der Waals surface area contributed by atoms with Gasteiger partial charge in [-0.25, -0.2) is 0 Å². The van der Waals surface area contributed by atoms with Crippen molar-refractivity contribution in [3.63, 3.8) is 0 Å². The molecule has 1 amide bonds. The van der Waals surface area contributed by atoms with Crippen LogP contribution in [-0.2, 0) is 4.79 Å². The third kappa shape index (κ3) is 4.49. The van der Waals surface area contributed by atoms with E-state index in [1.807, 2.05) is 30.0 Å². The van der Waals surface area contributed by atoms with Gasteiger partial charge in [0, 0.05) is 57.0 Å². The van der Waals surface area contributed by atoms with Gasteiger partial charge in [0.2, 0.25) is 5.91 Å². The molecule has 0 bridgehead atoms. The lowest BCUT2D eigenvalue weighted by Gasteiger charge is -2.34. The Morgan fingerprint density at radius 3 is 2.50 bits per heavy atom. The van der Waals surface area contributed by atoms with Crippen molar-refractivity contribution < 1.29 is 14.3 Å². The lowest BCUT2D eigenvalue weighted by Crippen LogP contribution is -2.49. The van der Waals surface area contributed by atoms with E-state index in [2.05, 4.69) is 4.90 Å². The number of carbonyl (C=O) groups is 1. The van der Waals surface area contributed by atoms with Crippen LogP contribution in [0.25, 0.3) is 5.57 Å². The molecule has 1 aliphatic rings. The van der Waals surface area contributed by atoms with Crippen molar-refractivity contribution in [1.29, 1.82) is 0 Å². The van der Waals surface area contributed by atoms with Gasteiger partial charge < -0.3 is 20.1 Å². The monoisotopic (exact) mass is 333 g/mol. The summed E-state index contributed by atoms with van der Waals surface area (Å²) in [5.74, 6) is 1.46. The highest BCUT2D eigenvalue weighted by Gasteiger charge is 2.19. The number of hydrogen-bond acceptors (Lipinski definition) is 5. The highest BCUT2D eigenvalue weighted by atomic mass is 16.5. The first-order chi connectivity index (χ1) is 11.6. The van der Waals surface area contributed by atoms with Gasteiger partial charge in [-0.1, -0.05) is 0 Å². The van der Waals surface area contributed by atoms with Crippen molar-refractivity contribution in [2.75, 3.05) is 53.5 Å². The Morgan fingerprint density at radius 1 is 1.21 bits per heavy atom. The van der Waals surface area contributed by atoms with Crippen LogP contribution in [0.4, 0.5) is 0 Å². The predicted molar refractivity (Wildman–Crippen MR) is 95.3 cm³/mol. The summed E-state index contributed by atoms with van der Waals surface area (Å²) in [5, 5.41) is 0. The van der Waals surface area contributed by atoms with Crippen LogP contribution in [0.1, 0.15) is 12.5 Å². The second-order valence-corrected chi connectivity index (χ2v) is 5.85. The van der Waals surface area contributed by atoms with Crippen LogP contribution in [0.15, 0.2) is 24.3 Å². The summed E-state index contributed by atoms with van der Waals surface area (Å²) >= 11 is 0. The maximum Gasteiger partial charge on any atom is 0.246 e. The van der Waals surface area contributed by atoms with Gasteiger partial charge in [-0.2, -0.15) is 0 Å². The van der Waals surface area contributed by atoms with E-state index < -0.39 is 0 Å². The average molecular weight is 333 g/mol. The molecule has 0 spiro atoms. The molecule has 1 aromatic rings. The number of rotatable bonds is 6. The van der Waals surface area contributed by atoms with Crippen LogP contribution in [0.5, 0.6) is 11.5 Å². The zero-order chi connectivity index (χ0) is 17.5. The molecule has 0 unspecified atom stereocenters. The molecule has 24 heavy (non-hydrogen) atoms. The maximum absolute atomic E-state index is 12.5. The van der Waals surface area contributed by atoms with Crippen LogP contribution in [-0.4, -0.2) is 69.2 Å². The second-order valence-electron chi connectivity index (χ2n) is 5.85. The van der Waals surface area contributed by atoms with Gasteiger partial charge >= 0.3 is 0 Å². The molecule has 1 aromatic carbocycles. The summed E-state index contributed by atoms with van der Waals surface area (Å²) < 4.78 is 10.6. The zero-order valence-electron chi connectivity index (χ0n) is 14.7. The van der Waals surface area contributed by atoms with Crippen molar-refractivity contribution in [3.8, 4) is 11.5 Å². The van der Waals surface area contributed by atoms with E-state index in [4.69, 9.17) is 15.2 Å². The highest BCUT2D eigenvalue weighted by Crippen LogP contribution is 2.30. The van der Waals surface area contributed by atoms with Crippen LogP contribution >= 0.6 is 0 Å². The molecular weight excluding hydrogens is 306 g/mol. The van der Waals surface area contributed by atoms with Crippen molar-refractivity contribution in [2.24, 2.45) is 5.73 Å². The van der Waals surface area contributed by atoms with E-state index in [1.165, 1.54) is 0 Å². The summed E-state index contributed by atoms with van der Waals surface area (Å²) in [6.07, 6.45) is 1.68. The minimum atomic E-state index is 0.0396. The van der Waals surface area contributed by atoms with Gasteiger partial charge in [0.1, 0.15) is 11.5 Å². The number of piperazine rings is 1. The van der Waals surface area contributed by atoms with E-state index in [9.17, 15) is 4.79 Å². The fraction of sp³-hybridized carbons (Fsp3) is 0.500. The first-order valence-electron chi connectivity index (χ1n) is 8.21. The van der Waals surface area contributed by atoms with Crippen molar-refractivity contribution >= 4 is 11.5 Å². The van der Waals surface area contributed by atoms with E-state index in [0.29, 0.717) is 12.3 Å². The van der Waals surface area contributed by atoms with Crippen LogP contribution in [0.3, 0.4) is 0 Å². The predicted octanol–water partition coefficient (Wildman–Crippen LogP) is 1.21. The molecule has 1 heterocycles. The number of benzene rings is 1. The smallest absolute Gasteiger partial charge is 0.246 e. The molecule has 0 aliphatic carbocycles. The number of hydrogen-bond donors (Lipinski definition) is 1. The molecule has 1 saturated heterocycles. The van der Waals surface area contributed by atoms with Gasteiger partial charge in [0.25, 0.3) is 0 Å². The topological polar surface area (TPSA) is 68.0 Å². The minimum Gasteiger partial charge on any atom is -0.497 e. The maximum atomic E-state index is 12.5. The van der Waals surface area contributed by atoms with Crippen molar-refractivity contribution in [1.82, 2.24) is 9.80 Å². The quantitative estimate of drug-likeness (QED) is 0.793. The van der Waals surface area contributed by atoms with Gasteiger partial charge in [-0.3, -0.25) is 9.69 Å². The van der Waals surface area contributed by atoms with Crippen LogP contribution < -0.4 is 15.2 Å². The van der Waals surface area contributed by atoms with E-state index in [-0.39, 0.29) is 5.91 Å². The van der Waals surface area contributed by atoms with Crippen molar-refractivity contribution in [3.05, 3.63) is 29.8 Å². The van der Waals surface area contributed by atoms with Gasteiger partial charge in [0.05, 0.1) is 14.2 Å². The Bertz CT molecular complexity index is 593. The number of amides is 1. The Kier molecular flexibility index (Phi) is 6.63. The number of nitrogens with two attached hydrogens (primary N) is 1. The number of methoxy groups -OCH3 is 2. The number of nitrogens with zero attached hydrogens (tertiary/aromatic N) is 2. The van der Waals surface area contributed by atoms with Gasteiger partial charge in [0.15, 0.2) is 0 Å². The Labute approximate surface area is 143 Å². The fourth-order valence-electron chi connectivity index (χ4n) is 2.85. The molecule has 6 nitrogen and oxygen atoms in total. The molecule has 1 aliphatic heterocycles. The summed E-state index contributed by atoms with van der Waals surface area (Å²) in [4.78, 5) is 16.7. The third-order valence-electron chi connectivity index (χ3n) is 4.30. The zero-order valence-corrected chi connectivity index (χ0v) is 14.7. The lowest BCUT2D eigenvalue weighted by atomic mass is 10.1. The summed E-state index contributed by atoms with van der Waals surface area (Å²) in [6, 6.07) is 5.60. The first-order valence-corrected chi connectivity index (χ1v) is 8.21. The van der Waals surface area contributed by atoms with Gasteiger partial charge in [-0.15, -0.1) is 0 Å². The van der Waals surface area contributed by atoms with E-state index in [0.717, 1.165) is 49.6 Å². The minimum absolute atomic E-state index is 0.0396. The molecule has 0 saturated carbocycles. The summed E-state index contributed by atoms with van der Waals surface area (Å²) in [5.41, 5.74) is 7.35. The van der Waals surface area contributed by atoms with Crippen LogP contribution in [0, 0.1) is 0 Å². The first kappa shape index (κ1) is 18.3. The third-order valence-corrected chi connectivity index (χ3v) is 4.30. The molecule has 2 N–H and O–H groups in total. The highest BCUT2D eigenvalue weighted by molar-refractivity contribution is 5.95. The Morgan fingerprint density at radius 2 is 1.92 bits per heavy atom. The normalized spacial score (nSPS) is 16.2. The standard InChI is InChI=1S/C18H27N3O3/c1-14(16-5-4-15(23-2)13-17(16)24-3)12-18(22)21-10-8-20(7-6-19)9-11-21/h4-5,12-13H,6-11,19H2,1-3H3/b14-12+. The Hall–Kier alpha value is -2.05. The molecule has 1 fully saturated rings. The average Bonchev–Trinajstić information content (AvgIpc) is 2.61. The molecule has 0 aromatic heterocycles. The molecule has 2 rings (SSSR count). The summed E-state index contributed by atoms with van der Waals surface area (Å²) in [7, 11) is 3.23. The fourth-order valence-corrected chi connectivity index (χ4v) is 2.85. The summed E-state index contributed by atoms with van der Waals surface area (Å²) in [6.45, 7) is 6.70. The molecule has 0 radical (unpaired) electrons.